The van der Waals surface area contributed by atoms with E-state index in [2.05, 4.69) is 76.5 Å². The van der Waals surface area contributed by atoms with E-state index in [1.807, 2.05) is 24.3 Å². The number of rotatable bonds is 11. The molecule has 0 aliphatic carbocycles. The van der Waals surface area contributed by atoms with E-state index in [0.717, 1.165) is 46.9 Å². The van der Waals surface area contributed by atoms with Gasteiger partial charge in [0.1, 0.15) is 12.3 Å². The number of hydrogen-bond donors (Lipinski definition) is 1. The fourth-order valence-electron chi connectivity index (χ4n) is 4.34. The number of ether oxygens (including phenoxy) is 1. The van der Waals surface area contributed by atoms with Crippen molar-refractivity contribution in [2.45, 2.75) is 27.7 Å². The number of carbonyl (C=O) groups is 1. The van der Waals surface area contributed by atoms with Gasteiger partial charge in [-0.2, -0.15) is 5.11 Å². The van der Waals surface area contributed by atoms with E-state index in [-0.39, 0.29) is 12.5 Å². The first-order valence-electron chi connectivity index (χ1n) is 12.7. The van der Waals surface area contributed by atoms with Crippen LogP contribution in [0.3, 0.4) is 0 Å². The zero-order chi connectivity index (χ0) is 26.2. The monoisotopic (exact) mass is 498 g/mol. The van der Waals surface area contributed by atoms with Crippen LogP contribution in [0.4, 0.5) is 11.4 Å². The van der Waals surface area contributed by atoms with Crippen molar-refractivity contribution in [1.82, 2.24) is 4.98 Å². The largest absolute Gasteiger partial charge is 0.482 e. The van der Waals surface area contributed by atoms with E-state index in [1.165, 1.54) is 0 Å². The Morgan fingerprint density at radius 3 is 2.41 bits per heavy atom. The molecule has 8 nitrogen and oxygen atoms in total. The molecule has 192 valence electrons. The Hall–Kier alpha value is -4.07. The van der Waals surface area contributed by atoms with Crippen molar-refractivity contribution in [3.63, 3.8) is 0 Å². The van der Waals surface area contributed by atoms with Gasteiger partial charge in [0, 0.05) is 24.8 Å². The van der Waals surface area contributed by atoms with Crippen LogP contribution in [0.15, 0.2) is 82.4 Å². The highest BCUT2D eigenvalue weighted by molar-refractivity contribution is 6.08. The number of nitrogens with one attached hydrogen (secondary N) is 1. The molecule has 37 heavy (non-hydrogen) atoms. The van der Waals surface area contributed by atoms with Crippen LogP contribution in [-0.2, 0) is 4.79 Å². The number of benzene rings is 2. The molecule has 1 aromatic heterocycles. The number of nitrogens with zero attached hydrogens (tertiary/aromatic N) is 5. The van der Waals surface area contributed by atoms with Crippen molar-refractivity contribution in [1.29, 1.82) is 0 Å². The van der Waals surface area contributed by atoms with Crippen molar-refractivity contribution in [2.75, 3.05) is 36.5 Å². The summed E-state index contributed by atoms with van der Waals surface area (Å²) < 4.78 is 5.65. The first kappa shape index (κ1) is 26.0. The Balaban J connectivity index is 1.68. The average Bonchev–Trinajstić information content (AvgIpc) is 3.42. The van der Waals surface area contributed by atoms with Gasteiger partial charge in [0.05, 0.1) is 23.3 Å². The smallest absolute Gasteiger partial charge is 0.262 e. The summed E-state index contributed by atoms with van der Waals surface area (Å²) in [6, 6.07) is 17.9. The molecule has 0 saturated carbocycles. The lowest BCUT2D eigenvalue weighted by Crippen LogP contribution is -2.32. The third kappa shape index (κ3) is 7.00. The van der Waals surface area contributed by atoms with Gasteiger partial charge < -0.3 is 15.0 Å². The second-order valence-electron chi connectivity index (χ2n) is 9.93. The first-order chi connectivity index (χ1) is 17.9. The number of pyridine rings is 1. The van der Waals surface area contributed by atoms with E-state index in [9.17, 15) is 4.79 Å². The molecule has 0 fully saturated rings. The van der Waals surface area contributed by atoms with Crippen LogP contribution in [0, 0.1) is 11.8 Å². The molecule has 0 unspecified atom stereocenters. The van der Waals surface area contributed by atoms with Gasteiger partial charge in [-0.3, -0.25) is 9.78 Å². The molecule has 1 aliphatic heterocycles. The van der Waals surface area contributed by atoms with Gasteiger partial charge in [0.25, 0.3) is 5.91 Å². The molecule has 0 radical (unpaired) electrons. The van der Waals surface area contributed by atoms with Crippen LogP contribution in [0.2, 0.25) is 0 Å². The Bertz CT molecular complexity index is 1260. The zero-order valence-corrected chi connectivity index (χ0v) is 21.9. The highest BCUT2D eigenvalue weighted by Crippen LogP contribution is 2.34. The lowest BCUT2D eigenvalue weighted by molar-refractivity contribution is -0.118. The van der Waals surface area contributed by atoms with Crippen LogP contribution in [0.5, 0.6) is 5.75 Å². The quantitative estimate of drug-likeness (QED) is 0.348. The first-order valence-corrected chi connectivity index (χ1v) is 12.7. The van der Waals surface area contributed by atoms with E-state index < -0.39 is 0 Å². The maximum Gasteiger partial charge on any atom is 0.262 e. The number of aromatic nitrogens is 1. The minimum atomic E-state index is -0.234. The predicted octanol–water partition coefficient (Wildman–Crippen LogP) is 6.05. The lowest BCUT2D eigenvalue weighted by atomic mass is 9.95. The Morgan fingerprint density at radius 1 is 1.00 bits per heavy atom. The Labute approximate surface area is 218 Å². The molecule has 4 rings (SSSR count). The topological polar surface area (TPSA) is 91.5 Å². The Kier molecular flexibility index (Phi) is 8.61. The molecule has 2 aromatic carbocycles. The highest BCUT2D eigenvalue weighted by Gasteiger charge is 2.19. The molecular weight excluding hydrogens is 464 g/mol. The van der Waals surface area contributed by atoms with Crippen molar-refractivity contribution < 1.29 is 9.53 Å². The predicted molar refractivity (Wildman–Crippen MR) is 148 cm³/mol. The van der Waals surface area contributed by atoms with Gasteiger partial charge in [-0.1, -0.05) is 58.0 Å². The number of amides is 1. The average molecular weight is 499 g/mol. The fourth-order valence-corrected chi connectivity index (χ4v) is 4.34. The van der Waals surface area contributed by atoms with Gasteiger partial charge in [0.15, 0.2) is 6.61 Å². The minimum Gasteiger partial charge on any atom is -0.482 e. The van der Waals surface area contributed by atoms with E-state index in [1.54, 1.807) is 24.5 Å². The van der Waals surface area contributed by atoms with Crippen molar-refractivity contribution in [2.24, 2.45) is 27.3 Å². The van der Waals surface area contributed by atoms with Crippen LogP contribution < -0.4 is 15.0 Å². The van der Waals surface area contributed by atoms with Crippen LogP contribution in [-0.4, -0.2) is 42.8 Å². The minimum absolute atomic E-state index is 0.111. The summed E-state index contributed by atoms with van der Waals surface area (Å²) >= 11 is 0. The van der Waals surface area contributed by atoms with Crippen LogP contribution in [0.1, 0.15) is 33.3 Å². The molecule has 3 aromatic rings. The number of carbonyl (C=O) groups excluding carboxylic acids is 1. The molecule has 0 spiro atoms. The SMILES string of the molecule is CC(C)CN(CC(C)C)c1ccc(-c2ccccc2C2=NN=NC2)cc1NC(=O)COc1cccnc1. The van der Waals surface area contributed by atoms with Crippen molar-refractivity contribution in [3.8, 4) is 16.9 Å². The second-order valence-corrected chi connectivity index (χ2v) is 9.93. The summed E-state index contributed by atoms with van der Waals surface area (Å²) in [5, 5.41) is 15.1. The molecule has 0 saturated heterocycles. The molecule has 0 atom stereocenters. The molecule has 1 N–H and O–H groups in total. The summed E-state index contributed by atoms with van der Waals surface area (Å²) in [6.07, 6.45) is 3.26. The third-order valence-corrected chi connectivity index (χ3v) is 5.78. The van der Waals surface area contributed by atoms with Gasteiger partial charge >= 0.3 is 0 Å². The van der Waals surface area contributed by atoms with Gasteiger partial charge in [0.2, 0.25) is 0 Å². The summed E-state index contributed by atoms with van der Waals surface area (Å²) in [5.41, 5.74) is 5.54. The third-order valence-electron chi connectivity index (χ3n) is 5.78. The number of anilines is 2. The molecular formula is C29H34N6O2. The maximum atomic E-state index is 13.0. The highest BCUT2D eigenvalue weighted by atomic mass is 16.5. The van der Waals surface area contributed by atoms with Gasteiger partial charge in [-0.25, -0.2) is 0 Å². The van der Waals surface area contributed by atoms with E-state index >= 15 is 0 Å². The van der Waals surface area contributed by atoms with E-state index in [0.29, 0.717) is 24.1 Å². The van der Waals surface area contributed by atoms with Crippen molar-refractivity contribution in [3.05, 3.63) is 72.6 Å². The van der Waals surface area contributed by atoms with Crippen LogP contribution in [0.25, 0.3) is 11.1 Å². The van der Waals surface area contributed by atoms with Gasteiger partial charge in [-0.05, 0) is 52.5 Å². The second kappa shape index (κ2) is 12.3. The number of hydrogen-bond acceptors (Lipinski definition) is 7. The molecule has 1 aliphatic rings. The van der Waals surface area contributed by atoms with Gasteiger partial charge in [-0.15, -0.1) is 5.10 Å². The maximum absolute atomic E-state index is 13.0. The molecule has 1 amide bonds. The summed E-state index contributed by atoms with van der Waals surface area (Å²) in [4.78, 5) is 19.4. The Morgan fingerprint density at radius 2 is 1.76 bits per heavy atom. The summed E-state index contributed by atoms with van der Waals surface area (Å²) in [6.45, 7) is 10.9. The molecule has 8 heteroatoms. The zero-order valence-electron chi connectivity index (χ0n) is 21.9. The lowest BCUT2D eigenvalue weighted by Gasteiger charge is -2.31. The van der Waals surface area contributed by atoms with Crippen LogP contribution >= 0.6 is 0 Å². The summed E-state index contributed by atoms with van der Waals surface area (Å²) in [7, 11) is 0. The summed E-state index contributed by atoms with van der Waals surface area (Å²) in [5.74, 6) is 1.24. The molecule has 0 bridgehead atoms. The molecule has 2 heterocycles. The normalized spacial score (nSPS) is 12.6. The fraction of sp³-hybridized carbons (Fsp3) is 0.345. The standard InChI is InChI=1S/C29H34N6O2/c1-20(2)17-35(18-21(3)4)28-12-11-22(24-9-5-6-10-25(24)27-16-31-34-33-27)14-26(28)32-29(36)19-37-23-8-7-13-30-15-23/h5-15,20-21H,16-19H2,1-4H3,(H,32,36). The van der Waals surface area contributed by atoms with Crippen molar-refractivity contribution >= 4 is 23.0 Å². The van der Waals surface area contributed by atoms with E-state index in [4.69, 9.17) is 4.74 Å².